The molecule has 6 nitrogen and oxygen atoms in total. The number of oxime groups is 1. The van der Waals surface area contributed by atoms with Crippen molar-refractivity contribution in [2.75, 3.05) is 5.32 Å². The number of carbonyl (C=O) groups is 2. The lowest BCUT2D eigenvalue weighted by Crippen LogP contribution is -2.31. The third-order valence-corrected chi connectivity index (χ3v) is 5.32. The first-order valence-electron chi connectivity index (χ1n) is 10.5. The van der Waals surface area contributed by atoms with Gasteiger partial charge >= 0.3 is 5.97 Å². The molecule has 0 unspecified atom stereocenters. The van der Waals surface area contributed by atoms with E-state index in [9.17, 15) is 14.0 Å². The zero-order valence-electron chi connectivity index (χ0n) is 18.2. The minimum absolute atomic E-state index is 0.113. The van der Waals surface area contributed by atoms with E-state index in [1.165, 1.54) is 12.1 Å². The summed E-state index contributed by atoms with van der Waals surface area (Å²) >= 11 is 0. The van der Waals surface area contributed by atoms with Crippen LogP contribution in [0.1, 0.15) is 34.8 Å². The van der Waals surface area contributed by atoms with Crippen LogP contribution >= 0.6 is 0 Å². The van der Waals surface area contributed by atoms with E-state index >= 15 is 0 Å². The molecule has 4 rings (SSSR count). The highest BCUT2D eigenvalue weighted by Gasteiger charge is 2.34. The van der Waals surface area contributed by atoms with Crippen LogP contribution in [0.3, 0.4) is 0 Å². The summed E-state index contributed by atoms with van der Waals surface area (Å²) in [4.78, 5) is 31.3. The lowest BCUT2D eigenvalue weighted by Gasteiger charge is -2.20. The third-order valence-electron chi connectivity index (χ3n) is 5.32. The molecule has 3 aromatic rings. The van der Waals surface area contributed by atoms with Gasteiger partial charge in [-0.25, -0.2) is 9.18 Å². The average Bonchev–Trinajstić information content (AvgIpc) is 3.31. The van der Waals surface area contributed by atoms with Crippen molar-refractivity contribution in [2.45, 2.75) is 32.5 Å². The second kappa shape index (κ2) is 9.65. The van der Waals surface area contributed by atoms with Crippen LogP contribution in [0.5, 0.6) is 0 Å². The number of amides is 1. The fourth-order valence-corrected chi connectivity index (χ4v) is 3.50. The van der Waals surface area contributed by atoms with Crippen LogP contribution in [0.15, 0.2) is 78.0 Å². The topological polar surface area (TPSA) is 77.0 Å². The zero-order valence-corrected chi connectivity index (χ0v) is 18.2. The van der Waals surface area contributed by atoms with Crippen molar-refractivity contribution in [3.63, 3.8) is 0 Å². The number of anilines is 1. The van der Waals surface area contributed by atoms with Crippen molar-refractivity contribution in [3.8, 4) is 0 Å². The van der Waals surface area contributed by atoms with Crippen molar-refractivity contribution in [1.29, 1.82) is 0 Å². The highest BCUT2D eigenvalue weighted by molar-refractivity contribution is 6.04. The molecule has 1 heterocycles. The molecule has 1 N–H and O–H groups in total. The molecule has 0 saturated heterocycles. The van der Waals surface area contributed by atoms with Crippen molar-refractivity contribution in [1.82, 2.24) is 0 Å². The highest BCUT2D eigenvalue weighted by Crippen LogP contribution is 2.25. The van der Waals surface area contributed by atoms with Gasteiger partial charge in [-0.1, -0.05) is 59.8 Å². The number of halogens is 1. The Balaban J connectivity index is 1.50. The number of carbonyl (C=O) groups excluding carboxylic acids is 2. The van der Waals surface area contributed by atoms with Gasteiger partial charge in [-0.2, -0.15) is 0 Å². The summed E-state index contributed by atoms with van der Waals surface area (Å²) in [5.74, 6) is -1.61. The zero-order chi connectivity index (χ0) is 23.4. The van der Waals surface area contributed by atoms with Gasteiger partial charge in [0, 0.05) is 23.2 Å². The van der Waals surface area contributed by atoms with Crippen molar-refractivity contribution in [2.24, 2.45) is 5.16 Å². The Kier molecular flexibility index (Phi) is 6.49. The van der Waals surface area contributed by atoms with Gasteiger partial charge in [-0.3, -0.25) is 4.79 Å². The SMILES string of the molecule is Cc1ccc(C)c(NC(=O)[C@H](OC(=O)[C@@H]2CC(c3cccc(F)c3)=NO2)c2ccccc2)c1. The van der Waals surface area contributed by atoms with E-state index in [-0.39, 0.29) is 6.42 Å². The number of hydrogen-bond acceptors (Lipinski definition) is 5. The number of ether oxygens (including phenoxy) is 1. The Hall–Kier alpha value is -4.00. The molecule has 1 aliphatic heterocycles. The van der Waals surface area contributed by atoms with Crippen LogP contribution in [0.4, 0.5) is 10.1 Å². The van der Waals surface area contributed by atoms with E-state index in [1.807, 2.05) is 38.1 Å². The number of hydrogen-bond donors (Lipinski definition) is 1. The molecular weight excluding hydrogens is 423 g/mol. The molecule has 3 aromatic carbocycles. The van der Waals surface area contributed by atoms with Gasteiger partial charge in [-0.05, 0) is 43.2 Å². The van der Waals surface area contributed by atoms with E-state index in [0.29, 0.717) is 22.5 Å². The Morgan fingerprint density at radius 2 is 1.85 bits per heavy atom. The van der Waals surface area contributed by atoms with Gasteiger partial charge in [-0.15, -0.1) is 0 Å². The first kappa shape index (κ1) is 22.2. The molecule has 0 bridgehead atoms. The Bertz CT molecular complexity index is 1210. The van der Waals surface area contributed by atoms with E-state index in [2.05, 4.69) is 10.5 Å². The normalized spacial score (nSPS) is 15.8. The molecule has 0 spiro atoms. The standard InChI is InChI=1S/C26H23FN2O4/c1-16-11-12-17(2)21(13-16)28-25(30)24(18-7-4-3-5-8-18)32-26(31)23-15-22(29-33-23)19-9-6-10-20(27)14-19/h3-14,23-24H,15H2,1-2H3,(H,28,30)/t23-,24+/m0/s1. The monoisotopic (exact) mass is 446 g/mol. The number of nitrogens with zero attached hydrogens (tertiary/aromatic N) is 1. The molecule has 2 atom stereocenters. The van der Waals surface area contributed by atoms with E-state index in [4.69, 9.17) is 9.57 Å². The van der Waals surface area contributed by atoms with Crippen LogP contribution in [0.2, 0.25) is 0 Å². The maximum Gasteiger partial charge on any atom is 0.351 e. The first-order valence-corrected chi connectivity index (χ1v) is 10.5. The molecule has 1 amide bonds. The van der Waals surface area contributed by atoms with Gasteiger partial charge in [0.05, 0.1) is 5.71 Å². The maximum atomic E-state index is 13.5. The minimum atomic E-state index is -1.18. The van der Waals surface area contributed by atoms with Gasteiger partial charge in [0.2, 0.25) is 12.2 Å². The fourth-order valence-electron chi connectivity index (χ4n) is 3.50. The van der Waals surface area contributed by atoms with Gasteiger partial charge in [0.1, 0.15) is 5.82 Å². The second-order valence-electron chi connectivity index (χ2n) is 7.88. The molecular formula is C26H23FN2O4. The summed E-state index contributed by atoms with van der Waals surface area (Å²) in [5.41, 5.74) is 4.01. The largest absolute Gasteiger partial charge is 0.444 e. The van der Waals surface area contributed by atoms with Crippen molar-refractivity contribution >= 4 is 23.3 Å². The number of benzene rings is 3. The predicted octanol–water partition coefficient (Wildman–Crippen LogP) is 4.86. The van der Waals surface area contributed by atoms with Gasteiger partial charge in [0.25, 0.3) is 5.91 Å². The molecule has 168 valence electrons. The molecule has 0 radical (unpaired) electrons. The first-order chi connectivity index (χ1) is 15.9. The predicted molar refractivity (Wildman–Crippen MR) is 122 cm³/mol. The van der Waals surface area contributed by atoms with Gasteiger partial charge < -0.3 is 14.9 Å². The van der Waals surface area contributed by atoms with E-state index in [0.717, 1.165) is 11.1 Å². The number of esters is 1. The van der Waals surface area contributed by atoms with Crippen molar-refractivity contribution in [3.05, 3.63) is 101 Å². The second-order valence-corrected chi connectivity index (χ2v) is 7.88. The van der Waals surface area contributed by atoms with Gasteiger partial charge in [0.15, 0.2) is 0 Å². The molecule has 33 heavy (non-hydrogen) atoms. The van der Waals surface area contributed by atoms with Crippen LogP contribution in [-0.2, 0) is 19.2 Å². The summed E-state index contributed by atoms with van der Waals surface area (Å²) in [6.07, 6.45) is -2.09. The Morgan fingerprint density at radius 1 is 1.06 bits per heavy atom. The molecule has 0 fully saturated rings. The highest BCUT2D eigenvalue weighted by atomic mass is 19.1. The van der Waals surface area contributed by atoms with Crippen molar-refractivity contribution < 1.29 is 23.6 Å². The number of nitrogens with one attached hydrogen (secondary N) is 1. The summed E-state index contributed by atoms with van der Waals surface area (Å²) in [6.45, 7) is 3.81. The van der Waals surface area contributed by atoms with Crippen LogP contribution in [0.25, 0.3) is 0 Å². The Morgan fingerprint density at radius 3 is 2.61 bits per heavy atom. The van der Waals surface area contributed by atoms with Crippen LogP contribution in [0, 0.1) is 19.7 Å². The molecule has 7 heteroatoms. The summed E-state index contributed by atoms with van der Waals surface area (Å²) in [7, 11) is 0. The van der Waals surface area contributed by atoms with E-state index < -0.39 is 29.9 Å². The van der Waals surface area contributed by atoms with E-state index in [1.54, 1.807) is 36.4 Å². The summed E-state index contributed by atoms with van der Waals surface area (Å²) in [5, 5.41) is 6.77. The Labute approximate surface area is 191 Å². The number of aryl methyl sites for hydroxylation is 2. The third kappa shape index (κ3) is 5.26. The summed E-state index contributed by atoms with van der Waals surface area (Å²) in [6, 6.07) is 20.4. The van der Waals surface area contributed by atoms with Crippen LogP contribution in [-0.4, -0.2) is 23.7 Å². The van der Waals surface area contributed by atoms with Crippen LogP contribution < -0.4 is 5.32 Å². The maximum absolute atomic E-state index is 13.5. The minimum Gasteiger partial charge on any atom is -0.444 e. The number of rotatable bonds is 6. The lowest BCUT2D eigenvalue weighted by molar-refractivity contribution is -0.164. The molecule has 0 aromatic heterocycles. The molecule has 1 aliphatic rings. The molecule has 0 saturated carbocycles. The summed E-state index contributed by atoms with van der Waals surface area (Å²) < 4.78 is 19.1. The fraction of sp³-hybridized carbons (Fsp3) is 0.192. The lowest BCUT2D eigenvalue weighted by atomic mass is 10.0. The smallest absolute Gasteiger partial charge is 0.351 e. The average molecular weight is 446 g/mol. The quantitative estimate of drug-likeness (QED) is 0.549. The molecule has 0 aliphatic carbocycles.